The summed E-state index contributed by atoms with van der Waals surface area (Å²) in [5.41, 5.74) is 3.78. The molecule has 1 aliphatic carbocycles. The van der Waals surface area contributed by atoms with Gasteiger partial charge in [-0.25, -0.2) is 0 Å². The summed E-state index contributed by atoms with van der Waals surface area (Å²) in [5.74, 6) is 0.109. The number of benzene rings is 3. The SMILES string of the molecule is Cc1ccc(OCC(=O)N(Cc2c(Cl)cccc2Cl)[C@H](Cc2ccccc2)C(=O)NC2CCCC2)cc1C. The Balaban J connectivity index is 1.65. The van der Waals surface area contributed by atoms with E-state index in [1.54, 1.807) is 23.1 Å². The molecule has 0 radical (unpaired) electrons. The number of nitrogens with zero attached hydrogens (tertiary/aromatic N) is 1. The molecular weight excluding hydrogens is 519 g/mol. The molecule has 0 heterocycles. The number of aryl methyl sites for hydroxylation is 2. The lowest BCUT2D eigenvalue weighted by Gasteiger charge is -2.32. The molecule has 1 fully saturated rings. The summed E-state index contributed by atoms with van der Waals surface area (Å²) in [5, 5.41) is 4.09. The van der Waals surface area contributed by atoms with Crippen LogP contribution in [0, 0.1) is 13.8 Å². The molecule has 2 amide bonds. The number of hydrogen-bond donors (Lipinski definition) is 1. The van der Waals surface area contributed by atoms with Crippen LogP contribution < -0.4 is 10.1 Å². The lowest BCUT2D eigenvalue weighted by Crippen LogP contribution is -2.53. The summed E-state index contributed by atoms with van der Waals surface area (Å²) in [6.45, 7) is 3.89. The highest BCUT2D eigenvalue weighted by Crippen LogP contribution is 2.28. The molecular formula is C31H34Cl2N2O3. The minimum atomic E-state index is -0.763. The van der Waals surface area contributed by atoms with Gasteiger partial charge in [-0.1, -0.05) is 78.5 Å². The van der Waals surface area contributed by atoms with Crippen LogP contribution >= 0.6 is 23.2 Å². The Morgan fingerprint density at radius 2 is 1.63 bits per heavy atom. The van der Waals surface area contributed by atoms with Crippen molar-refractivity contribution in [3.63, 3.8) is 0 Å². The zero-order valence-corrected chi connectivity index (χ0v) is 23.4. The molecule has 4 rings (SSSR count). The second kappa shape index (κ2) is 13.2. The van der Waals surface area contributed by atoms with Gasteiger partial charge in [0.05, 0.1) is 0 Å². The van der Waals surface area contributed by atoms with Crippen LogP contribution in [-0.4, -0.2) is 35.4 Å². The van der Waals surface area contributed by atoms with Gasteiger partial charge in [-0.2, -0.15) is 0 Å². The van der Waals surface area contributed by atoms with Gasteiger partial charge in [0.25, 0.3) is 5.91 Å². The molecule has 0 aliphatic heterocycles. The quantitative estimate of drug-likeness (QED) is 0.305. The van der Waals surface area contributed by atoms with E-state index in [0.717, 1.165) is 42.4 Å². The van der Waals surface area contributed by atoms with Gasteiger partial charge in [-0.3, -0.25) is 9.59 Å². The number of carbonyl (C=O) groups is 2. The molecule has 3 aromatic carbocycles. The summed E-state index contributed by atoms with van der Waals surface area (Å²) in [4.78, 5) is 29.1. The standard InChI is InChI=1S/C31H34Cl2N2O3/c1-21-15-16-25(17-22(21)2)38-20-30(36)35(19-26-27(32)13-8-14-28(26)33)29(18-23-9-4-3-5-10-23)31(37)34-24-11-6-7-12-24/h3-5,8-10,13-17,24,29H,6-7,11-12,18-20H2,1-2H3,(H,34,37)/t29-/m1/s1. The van der Waals surface area contributed by atoms with Crippen molar-refractivity contribution in [3.05, 3.63) is 99.0 Å². The first-order valence-corrected chi connectivity index (χ1v) is 13.8. The van der Waals surface area contributed by atoms with Gasteiger partial charge in [0, 0.05) is 34.6 Å². The monoisotopic (exact) mass is 552 g/mol. The smallest absolute Gasteiger partial charge is 0.261 e. The van der Waals surface area contributed by atoms with Crippen molar-refractivity contribution >= 4 is 35.0 Å². The van der Waals surface area contributed by atoms with Crippen molar-refractivity contribution in [2.24, 2.45) is 0 Å². The first-order chi connectivity index (χ1) is 18.3. The summed E-state index contributed by atoms with van der Waals surface area (Å²) in [6.07, 6.45) is 4.44. The van der Waals surface area contributed by atoms with E-state index in [4.69, 9.17) is 27.9 Å². The van der Waals surface area contributed by atoms with Crippen molar-refractivity contribution < 1.29 is 14.3 Å². The maximum atomic E-state index is 13.8. The Morgan fingerprint density at radius 3 is 2.29 bits per heavy atom. The van der Waals surface area contributed by atoms with E-state index in [0.29, 0.717) is 27.8 Å². The van der Waals surface area contributed by atoms with Gasteiger partial charge < -0.3 is 15.0 Å². The molecule has 1 atom stereocenters. The normalized spacial score (nSPS) is 14.2. The summed E-state index contributed by atoms with van der Waals surface area (Å²) >= 11 is 13.0. The number of rotatable bonds is 10. The molecule has 0 spiro atoms. The van der Waals surface area contributed by atoms with Crippen LogP contribution in [0.3, 0.4) is 0 Å². The van der Waals surface area contributed by atoms with E-state index >= 15 is 0 Å². The van der Waals surface area contributed by atoms with Crippen molar-refractivity contribution in [1.29, 1.82) is 0 Å². The van der Waals surface area contributed by atoms with Crippen LogP contribution in [0.1, 0.15) is 47.9 Å². The molecule has 1 aliphatic rings. The second-order valence-corrected chi connectivity index (χ2v) is 10.8. The molecule has 0 unspecified atom stereocenters. The average molecular weight is 554 g/mol. The maximum Gasteiger partial charge on any atom is 0.261 e. The second-order valence-electron chi connectivity index (χ2n) is 9.95. The maximum absolute atomic E-state index is 13.8. The number of hydrogen-bond acceptors (Lipinski definition) is 3. The first-order valence-electron chi connectivity index (χ1n) is 13.1. The Kier molecular flexibility index (Phi) is 9.70. The summed E-state index contributed by atoms with van der Waals surface area (Å²) in [6, 6.07) is 20.0. The van der Waals surface area contributed by atoms with Crippen LogP contribution in [0.2, 0.25) is 10.0 Å². The first kappa shape index (κ1) is 28.0. The van der Waals surface area contributed by atoms with E-state index in [1.807, 2.05) is 62.4 Å². The Labute approximate surface area is 235 Å². The molecule has 1 N–H and O–H groups in total. The largest absolute Gasteiger partial charge is 0.484 e. The predicted octanol–water partition coefficient (Wildman–Crippen LogP) is 6.69. The molecule has 200 valence electrons. The van der Waals surface area contributed by atoms with Gasteiger partial charge in [0.15, 0.2) is 6.61 Å². The zero-order valence-electron chi connectivity index (χ0n) is 21.9. The lowest BCUT2D eigenvalue weighted by molar-refractivity contribution is -0.143. The Morgan fingerprint density at radius 1 is 0.947 bits per heavy atom. The van der Waals surface area contributed by atoms with Crippen LogP contribution in [0.15, 0.2) is 66.7 Å². The van der Waals surface area contributed by atoms with Gasteiger partial charge in [0.2, 0.25) is 5.91 Å². The number of amides is 2. The molecule has 1 saturated carbocycles. The Hall–Kier alpha value is -3.02. The lowest BCUT2D eigenvalue weighted by atomic mass is 10.0. The Bertz CT molecular complexity index is 1240. The van der Waals surface area contributed by atoms with Crippen LogP contribution in [0.5, 0.6) is 5.75 Å². The third kappa shape index (κ3) is 7.30. The van der Waals surface area contributed by atoms with E-state index in [-0.39, 0.29) is 31.0 Å². The number of nitrogens with one attached hydrogen (secondary N) is 1. The average Bonchev–Trinajstić information content (AvgIpc) is 3.41. The van der Waals surface area contributed by atoms with Gasteiger partial charge in [-0.05, 0) is 67.6 Å². The van der Waals surface area contributed by atoms with Crippen molar-refractivity contribution in [2.75, 3.05) is 6.61 Å². The van der Waals surface area contributed by atoms with Gasteiger partial charge in [-0.15, -0.1) is 0 Å². The number of ether oxygens (including phenoxy) is 1. The predicted molar refractivity (Wildman–Crippen MR) is 153 cm³/mol. The third-order valence-corrected chi connectivity index (χ3v) is 7.91. The van der Waals surface area contributed by atoms with Crippen LogP contribution in [-0.2, 0) is 22.6 Å². The van der Waals surface area contributed by atoms with E-state index in [9.17, 15) is 9.59 Å². The summed E-state index contributed by atoms with van der Waals surface area (Å²) in [7, 11) is 0. The number of halogens is 2. The summed E-state index contributed by atoms with van der Waals surface area (Å²) < 4.78 is 5.91. The van der Waals surface area contributed by atoms with Crippen LogP contribution in [0.25, 0.3) is 0 Å². The highest BCUT2D eigenvalue weighted by Gasteiger charge is 2.33. The minimum Gasteiger partial charge on any atom is -0.484 e. The molecule has 7 heteroatoms. The fourth-order valence-corrected chi connectivity index (χ4v) is 5.32. The number of carbonyl (C=O) groups excluding carboxylic acids is 2. The van der Waals surface area contributed by atoms with Crippen molar-refractivity contribution in [1.82, 2.24) is 10.2 Å². The molecule has 38 heavy (non-hydrogen) atoms. The van der Waals surface area contributed by atoms with Crippen LogP contribution in [0.4, 0.5) is 0 Å². The van der Waals surface area contributed by atoms with E-state index in [2.05, 4.69) is 5.32 Å². The van der Waals surface area contributed by atoms with Gasteiger partial charge in [0.1, 0.15) is 11.8 Å². The van der Waals surface area contributed by atoms with Crippen molar-refractivity contribution in [3.8, 4) is 5.75 Å². The molecule has 0 bridgehead atoms. The van der Waals surface area contributed by atoms with Gasteiger partial charge >= 0.3 is 0 Å². The molecule has 0 aromatic heterocycles. The highest BCUT2D eigenvalue weighted by atomic mass is 35.5. The fraction of sp³-hybridized carbons (Fsp3) is 0.355. The molecule has 5 nitrogen and oxygen atoms in total. The molecule has 0 saturated heterocycles. The topological polar surface area (TPSA) is 58.6 Å². The minimum absolute atomic E-state index is 0.0865. The third-order valence-electron chi connectivity index (χ3n) is 7.20. The molecule has 3 aromatic rings. The highest BCUT2D eigenvalue weighted by molar-refractivity contribution is 6.36. The fourth-order valence-electron chi connectivity index (χ4n) is 4.81. The van der Waals surface area contributed by atoms with E-state index < -0.39 is 6.04 Å². The zero-order chi connectivity index (χ0) is 27.1. The van der Waals surface area contributed by atoms with Crippen molar-refractivity contribution in [2.45, 2.75) is 64.6 Å². The van der Waals surface area contributed by atoms with E-state index in [1.165, 1.54) is 0 Å².